The molecule has 0 spiro atoms. The third-order valence-electron chi connectivity index (χ3n) is 2.80. The van der Waals surface area contributed by atoms with Crippen molar-refractivity contribution in [3.63, 3.8) is 0 Å². The smallest absolute Gasteiger partial charge is 0.120 e. The molecule has 2 rings (SSSR count). The van der Waals surface area contributed by atoms with Crippen LogP contribution in [0.25, 0.3) is 0 Å². The number of nitriles is 1. The maximum atomic E-state index is 8.87. The number of para-hydroxylation sites is 1. The van der Waals surface area contributed by atoms with Crippen molar-refractivity contribution in [3.8, 4) is 6.07 Å². The number of aryl methyl sites for hydroxylation is 2. The highest BCUT2D eigenvalue weighted by molar-refractivity contribution is 5.50. The maximum absolute atomic E-state index is 8.87. The molecular weight excluding hydrogens is 210 g/mol. The Balaban J connectivity index is 2.08. The quantitative estimate of drug-likeness (QED) is 0.872. The molecule has 0 saturated heterocycles. The first-order valence-corrected chi connectivity index (χ1v) is 5.55. The summed E-state index contributed by atoms with van der Waals surface area (Å²) in [6.07, 6.45) is 1.98. The Morgan fingerprint density at radius 2 is 2.12 bits per heavy atom. The molecule has 0 fully saturated rings. The summed E-state index contributed by atoms with van der Waals surface area (Å²) in [5.74, 6) is 0. The summed E-state index contributed by atoms with van der Waals surface area (Å²) in [7, 11) is 1.88. The molecule has 3 nitrogen and oxygen atoms in total. The lowest BCUT2D eigenvalue weighted by Gasteiger charge is -2.07. The molecule has 1 aromatic heterocycles. The van der Waals surface area contributed by atoms with Crippen LogP contribution >= 0.6 is 0 Å². The molecule has 1 N–H and O–H groups in total. The molecule has 0 aliphatic heterocycles. The van der Waals surface area contributed by atoms with Gasteiger partial charge in [-0.2, -0.15) is 5.26 Å². The second-order valence-corrected chi connectivity index (χ2v) is 4.12. The van der Waals surface area contributed by atoms with Crippen LogP contribution in [0.2, 0.25) is 0 Å². The van der Waals surface area contributed by atoms with Gasteiger partial charge in [0.25, 0.3) is 0 Å². The van der Waals surface area contributed by atoms with Crippen molar-refractivity contribution in [2.75, 3.05) is 5.32 Å². The lowest BCUT2D eigenvalue weighted by atomic mass is 10.2. The van der Waals surface area contributed by atoms with Gasteiger partial charge >= 0.3 is 0 Å². The molecule has 2 aromatic rings. The molecule has 0 atom stereocenters. The largest absolute Gasteiger partial charge is 0.381 e. The molecule has 1 heterocycles. The summed E-state index contributed by atoms with van der Waals surface area (Å²) < 4.78 is 1.84. The monoisotopic (exact) mass is 225 g/mol. The van der Waals surface area contributed by atoms with E-state index in [0.717, 1.165) is 17.8 Å². The molecule has 0 saturated carbocycles. The predicted molar refractivity (Wildman–Crippen MR) is 68.6 cm³/mol. The van der Waals surface area contributed by atoms with E-state index < -0.39 is 0 Å². The standard InChI is InChI=1S/C14H15N3/c1-11-5-3-4-6-14(11)16-9-12-7-13(8-15)17(2)10-12/h3-7,10,16H,9H2,1-2H3. The van der Waals surface area contributed by atoms with Crippen LogP contribution in [0, 0.1) is 18.3 Å². The third-order valence-corrected chi connectivity index (χ3v) is 2.80. The molecule has 86 valence electrons. The molecule has 17 heavy (non-hydrogen) atoms. The highest BCUT2D eigenvalue weighted by atomic mass is 14.9. The van der Waals surface area contributed by atoms with Gasteiger partial charge in [-0.3, -0.25) is 0 Å². The van der Waals surface area contributed by atoms with E-state index in [1.165, 1.54) is 5.56 Å². The summed E-state index contributed by atoms with van der Waals surface area (Å²) >= 11 is 0. The first-order chi connectivity index (χ1) is 8.20. The normalized spacial score (nSPS) is 9.94. The van der Waals surface area contributed by atoms with Crippen LogP contribution in [0.4, 0.5) is 5.69 Å². The average Bonchev–Trinajstić information content (AvgIpc) is 2.69. The van der Waals surface area contributed by atoms with Crippen LogP contribution in [-0.2, 0) is 13.6 Å². The van der Waals surface area contributed by atoms with Gasteiger partial charge in [0.2, 0.25) is 0 Å². The van der Waals surface area contributed by atoms with Gasteiger partial charge in [-0.15, -0.1) is 0 Å². The molecule has 0 amide bonds. The van der Waals surface area contributed by atoms with E-state index in [2.05, 4.69) is 30.4 Å². The van der Waals surface area contributed by atoms with Crippen molar-refractivity contribution in [2.24, 2.45) is 7.05 Å². The Hall–Kier alpha value is -2.21. The van der Waals surface area contributed by atoms with Crippen LogP contribution in [0.3, 0.4) is 0 Å². The second kappa shape index (κ2) is 4.75. The van der Waals surface area contributed by atoms with E-state index in [-0.39, 0.29) is 0 Å². The van der Waals surface area contributed by atoms with Crippen molar-refractivity contribution in [2.45, 2.75) is 13.5 Å². The van der Waals surface area contributed by atoms with Crippen molar-refractivity contribution in [1.29, 1.82) is 5.26 Å². The van der Waals surface area contributed by atoms with Crippen molar-refractivity contribution in [1.82, 2.24) is 4.57 Å². The Bertz CT molecular complexity index is 561. The molecule has 0 bridgehead atoms. The first-order valence-electron chi connectivity index (χ1n) is 5.55. The Morgan fingerprint density at radius 3 is 2.76 bits per heavy atom. The summed E-state index contributed by atoms with van der Waals surface area (Å²) in [6, 6.07) is 12.2. The molecule has 0 aliphatic rings. The minimum atomic E-state index is 0.687. The van der Waals surface area contributed by atoms with Crippen LogP contribution < -0.4 is 5.32 Å². The number of rotatable bonds is 3. The van der Waals surface area contributed by atoms with Gasteiger partial charge in [0.15, 0.2) is 0 Å². The van der Waals surface area contributed by atoms with Crippen molar-refractivity contribution in [3.05, 3.63) is 53.3 Å². The number of nitrogens with zero attached hydrogens (tertiary/aromatic N) is 2. The van der Waals surface area contributed by atoms with Crippen molar-refractivity contribution < 1.29 is 0 Å². The fourth-order valence-electron chi connectivity index (χ4n) is 1.81. The van der Waals surface area contributed by atoms with Gasteiger partial charge in [-0.05, 0) is 30.2 Å². The average molecular weight is 225 g/mol. The summed E-state index contributed by atoms with van der Waals surface area (Å²) in [5.41, 5.74) is 4.16. The number of benzene rings is 1. The Labute approximate surface area is 101 Å². The Kier molecular flexibility index (Phi) is 3.15. The zero-order chi connectivity index (χ0) is 12.3. The fourth-order valence-corrected chi connectivity index (χ4v) is 1.81. The van der Waals surface area contributed by atoms with Crippen molar-refractivity contribution >= 4 is 5.69 Å². The van der Waals surface area contributed by atoms with E-state index in [1.54, 1.807) is 0 Å². The summed E-state index contributed by atoms with van der Waals surface area (Å²) in [4.78, 5) is 0. The molecule has 0 aliphatic carbocycles. The first kappa shape index (κ1) is 11.3. The molecule has 0 unspecified atom stereocenters. The predicted octanol–water partition coefficient (Wildman–Crippen LogP) is 2.82. The number of hydrogen-bond acceptors (Lipinski definition) is 2. The Morgan fingerprint density at radius 1 is 1.35 bits per heavy atom. The zero-order valence-corrected chi connectivity index (χ0v) is 10.1. The van der Waals surface area contributed by atoms with Gasteiger partial charge < -0.3 is 9.88 Å². The maximum Gasteiger partial charge on any atom is 0.120 e. The van der Waals surface area contributed by atoms with Crippen LogP contribution in [0.5, 0.6) is 0 Å². The van der Waals surface area contributed by atoms with Crippen LogP contribution in [0.15, 0.2) is 36.5 Å². The lowest BCUT2D eigenvalue weighted by molar-refractivity contribution is 0.902. The number of nitrogens with one attached hydrogen (secondary N) is 1. The number of hydrogen-bond donors (Lipinski definition) is 1. The summed E-state index contributed by atoms with van der Waals surface area (Å²) in [5, 5.41) is 12.2. The zero-order valence-electron chi connectivity index (χ0n) is 10.1. The lowest BCUT2D eigenvalue weighted by Crippen LogP contribution is -1.99. The van der Waals surface area contributed by atoms with E-state index in [4.69, 9.17) is 5.26 Å². The highest BCUT2D eigenvalue weighted by Crippen LogP contribution is 2.15. The molecular formula is C14H15N3. The minimum absolute atomic E-state index is 0.687. The second-order valence-electron chi connectivity index (χ2n) is 4.12. The topological polar surface area (TPSA) is 40.8 Å². The van der Waals surface area contributed by atoms with Gasteiger partial charge in [0.05, 0.1) is 0 Å². The van der Waals surface area contributed by atoms with Gasteiger partial charge in [-0.1, -0.05) is 18.2 Å². The van der Waals surface area contributed by atoms with E-state index in [1.807, 2.05) is 36.0 Å². The number of aromatic nitrogens is 1. The highest BCUT2D eigenvalue weighted by Gasteiger charge is 2.02. The SMILES string of the molecule is Cc1ccccc1NCc1cc(C#N)n(C)c1. The van der Waals surface area contributed by atoms with Crippen LogP contribution in [-0.4, -0.2) is 4.57 Å². The molecule has 3 heteroatoms. The minimum Gasteiger partial charge on any atom is -0.381 e. The van der Waals surface area contributed by atoms with Crippen LogP contribution in [0.1, 0.15) is 16.8 Å². The van der Waals surface area contributed by atoms with E-state index in [0.29, 0.717) is 5.69 Å². The molecule has 1 aromatic carbocycles. The third kappa shape index (κ3) is 2.48. The number of anilines is 1. The van der Waals surface area contributed by atoms with Gasteiger partial charge in [0, 0.05) is 25.5 Å². The van der Waals surface area contributed by atoms with E-state index >= 15 is 0 Å². The van der Waals surface area contributed by atoms with E-state index in [9.17, 15) is 0 Å². The van der Waals surface area contributed by atoms with Gasteiger partial charge in [-0.25, -0.2) is 0 Å². The fraction of sp³-hybridized carbons (Fsp3) is 0.214. The van der Waals surface area contributed by atoms with Gasteiger partial charge in [0.1, 0.15) is 11.8 Å². The molecule has 0 radical (unpaired) electrons. The summed E-state index contributed by atoms with van der Waals surface area (Å²) in [6.45, 7) is 2.81.